The van der Waals surface area contributed by atoms with Crippen molar-refractivity contribution >= 4 is 17.2 Å². The summed E-state index contributed by atoms with van der Waals surface area (Å²) in [7, 11) is 0. The Bertz CT molecular complexity index is 1250. The molecule has 2 aromatic carbocycles. The summed E-state index contributed by atoms with van der Waals surface area (Å²) in [5, 5.41) is 12.4. The maximum Gasteiger partial charge on any atom is 0.263 e. The van der Waals surface area contributed by atoms with Crippen molar-refractivity contribution in [3.63, 3.8) is 0 Å². The highest BCUT2D eigenvalue weighted by atomic mass is 32.1. The zero-order valence-electron chi connectivity index (χ0n) is 18.4. The first-order valence-electron chi connectivity index (χ1n) is 10.1. The minimum absolute atomic E-state index is 0.124. The van der Waals surface area contributed by atoms with E-state index in [4.69, 9.17) is 0 Å². The SMILES string of the molecule is Cc1ccc(CNC(=O)c2sc(-c3nnn(-c4ccc(C)c(C)c4)c3C)nc2C)cc1. The average Bonchev–Trinajstić information content (AvgIpc) is 3.32. The highest BCUT2D eigenvalue weighted by Crippen LogP contribution is 2.29. The Morgan fingerprint density at radius 3 is 2.45 bits per heavy atom. The normalized spacial score (nSPS) is 11.0. The Balaban J connectivity index is 1.56. The highest BCUT2D eigenvalue weighted by molar-refractivity contribution is 7.17. The van der Waals surface area contributed by atoms with Gasteiger partial charge in [0.2, 0.25) is 0 Å². The lowest BCUT2D eigenvalue weighted by Gasteiger charge is -2.06. The number of benzene rings is 2. The van der Waals surface area contributed by atoms with Crippen LogP contribution >= 0.6 is 11.3 Å². The van der Waals surface area contributed by atoms with E-state index in [1.54, 1.807) is 0 Å². The first-order chi connectivity index (χ1) is 14.8. The maximum absolute atomic E-state index is 12.7. The number of hydrogen-bond donors (Lipinski definition) is 1. The van der Waals surface area contributed by atoms with Crippen molar-refractivity contribution in [3.05, 3.63) is 81.0 Å². The van der Waals surface area contributed by atoms with Crippen LogP contribution < -0.4 is 5.32 Å². The molecule has 0 radical (unpaired) electrons. The number of rotatable bonds is 5. The Kier molecular flexibility index (Phi) is 5.69. The number of amides is 1. The molecule has 0 spiro atoms. The number of aryl methyl sites for hydroxylation is 4. The molecular weight excluding hydrogens is 406 g/mol. The van der Waals surface area contributed by atoms with Gasteiger partial charge in [0.15, 0.2) is 0 Å². The van der Waals surface area contributed by atoms with Crippen LogP contribution in [0.15, 0.2) is 42.5 Å². The third-order valence-corrected chi connectivity index (χ3v) is 6.57. The van der Waals surface area contributed by atoms with Crippen LogP contribution in [0.25, 0.3) is 16.4 Å². The second-order valence-corrected chi connectivity index (χ2v) is 8.80. The molecule has 4 rings (SSSR count). The van der Waals surface area contributed by atoms with E-state index < -0.39 is 0 Å². The van der Waals surface area contributed by atoms with Crippen molar-refractivity contribution in [1.82, 2.24) is 25.3 Å². The fourth-order valence-electron chi connectivity index (χ4n) is 3.31. The van der Waals surface area contributed by atoms with E-state index in [0.717, 1.165) is 16.9 Å². The zero-order chi connectivity index (χ0) is 22.1. The summed E-state index contributed by atoms with van der Waals surface area (Å²) in [6.07, 6.45) is 0. The van der Waals surface area contributed by atoms with Crippen molar-refractivity contribution in [2.24, 2.45) is 0 Å². The first-order valence-corrected chi connectivity index (χ1v) is 11.0. The summed E-state index contributed by atoms with van der Waals surface area (Å²) in [5.74, 6) is -0.124. The van der Waals surface area contributed by atoms with Gasteiger partial charge in [0, 0.05) is 6.54 Å². The summed E-state index contributed by atoms with van der Waals surface area (Å²) < 4.78 is 1.82. The van der Waals surface area contributed by atoms with Gasteiger partial charge in [-0.15, -0.1) is 16.4 Å². The molecule has 31 heavy (non-hydrogen) atoms. The van der Waals surface area contributed by atoms with Gasteiger partial charge >= 0.3 is 0 Å². The summed E-state index contributed by atoms with van der Waals surface area (Å²) in [6.45, 7) is 10.5. The lowest BCUT2D eigenvalue weighted by molar-refractivity contribution is 0.0954. The van der Waals surface area contributed by atoms with Gasteiger partial charge in [0.05, 0.1) is 17.1 Å². The molecule has 1 N–H and O–H groups in total. The van der Waals surface area contributed by atoms with E-state index in [0.29, 0.717) is 27.8 Å². The van der Waals surface area contributed by atoms with Crippen LogP contribution in [-0.4, -0.2) is 25.9 Å². The Hall–Kier alpha value is -3.32. The number of thiazole rings is 1. The van der Waals surface area contributed by atoms with Crippen molar-refractivity contribution in [3.8, 4) is 16.4 Å². The van der Waals surface area contributed by atoms with Crippen LogP contribution in [0.4, 0.5) is 0 Å². The average molecular weight is 432 g/mol. The van der Waals surface area contributed by atoms with Crippen molar-refractivity contribution in [2.75, 3.05) is 0 Å². The molecule has 0 saturated carbocycles. The molecule has 0 aliphatic rings. The van der Waals surface area contributed by atoms with Gasteiger partial charge in [-0.1, -0.05) is 41.1 Å². The second kappa shape index (κ2) is 8.43. The number of carbonyl (C=O) groups excluding carboxylic acids is 1. The van der Waals surface area contributed by atoms with Gasteiger partial charge in [-0.3, -0.25) is 4.79 Å². The summed E-state index contributed by atoms with van der Waals surface area (Å²) in [5.41, 5.74) is 7.94. The molecule has 0 bridgehead atoms. The van der Waals surface area contributed by atoms with E-state index in [-0.39, 0.29) is 5.91 Å². The lowest BCUT2D eigenvalue weighted by atomic mass is 10.1. The topological polar surface area (TPSA) is 72.7 Å². The van der Waals surface area contributed by atoms with Gasteiger partial charge in [-0.2, -0.15) is 0 Å². The van der Waals surface area contributed by atoms with Crippen LogP contribution in [0.2, 0.25) is 0 Å². The molecule has 0 unspecified atom stereocenters. The largest absolute Gasteiger partial charge is 0.347 e. The molecule has 0 fully saturated rings. The predicted molar refractivity (Wildman–Crippen MR) is 124 cm³/mol. The molecule has 2 aromatic heterocycles. The van der Waals surface area contributed by atoms with Crippen LogP contribution in [0, 0.1) is 34.6 Å². The van der Waals surface area contributed by atoms with Crippen molar-refractivity contribution in [1.29, 1.82) is 0 Å². The van der Waals surface area contributed by atoms with Crippen LogP contribution in [0.1, 0.15) is 43.3 Å². The Morgan fingerprint density at radius 2 is 1.74 bits per heavy atom. The van der Waals surface area contributed by atoms with Gasteiger partial charge in [0.25, 0.3) is 5.91 Å². The van der Waals surface area contributed by atoms with Gasteiger partial charge in [-0.05, 0) is 63.4 Å². The smallest absolute Gasteiger partial charge is 0.263 e. The van der Waals surface area contributed by atoms with Gasteiger partial charge in [0.1, 0.15) is 15.6 Å². The monoisotopic (exact) mass is 431 g/mol. The molecule has 7 heteroatoms. The fourth-order valence-corrected chi connectivity index (χ4v) is 4.33. The molecule has 0 aliphatic heterocycles. The molecule has 6 nitrogen and oxygen atoms in total. The molecule has 4 aromatic rings. The first kappa shape index (κ1) is 20.9. The summed E-state index contributed by atoms with van der Waals surface area (Å²) >= 11 is 1.35. The molecule has 0 saturated heterocycles. The third kappa shape index (κ3) is 4.27. The minimum atomic E-state index is -0.124. The molecular formula is C24H25N5OS. The number of carbonyl (C=O) groups is 1. The standard InChI is InChI=1S/C24H25N5OS/c1-14-6-9-19(10-7-14)13-25-23(30)22-17(4)26-24(31-22)21-18(5)29(28-27-21)20-11-8-15(2)16(3)12-20/h6-12H,13H2,1-5H3,(H,25,30). The van der Waals surface area contributed by atoms with E-state index in [1.165, 1.54) is 28.0 Å². The van der Waals surface area contributed by atoms with Gasteiger partial charge < -0.3 is 5.32 Å². The number of aromatic nitrogens is 4. The van der Waals surface area contributed by atoms with Gasteiger partial charge in [-0.25, -0.2) is 9.67 Å². The summed E-state index contributed by atoms with van der Waals surface area (Å²) in [4.78, 5) is 18.0. The summed E-state index contributed by atoms with van der Waals surface area (Å²) in [6, 6.07) is 14.3. The number of hydrogen-bond acceptors (Lipinski definition) is 5. The third-order valence-electron chi connectivity index (χ3n) is 5.41. The van der Waals surface area contributed by atoms with Crippen LogP contribution in [0.3, 0.4) is 0 Å². The Labute approximate surface area is 186 Å². The Morgan fingerprint density at radius 1 is 1.00 bits per heavy atom. The van der Waals surface area contributed by atoms with E-state index >= 15 is 0 Å². The molecule has 1 amide bonds. The second-order valence-electron chi connectivity index (χ2n) is 7.81. The highest BCUT2D eigenvalue weighted by Gasteiger charge is 2.20. The molecule has 158 valence electrons. The minimum Gasteiger partial charge on any atom is -0.347 e. The van der Waals surface area contributed by atoms with Crippen LogP contribution in [0.5, 0.6) is 0 Å². The quantitative estimate of drug-likeness (QED) is 0.490. The molecule has 2 heterocycles. The van der Waals surface area contributed by atoms with E-state index in [2.05, 4.69) is 46.6 Å². The fraction of sp³-hybridized carbons (Fsp3) is 0.250. The predicted octanol–water partition coefficient (Wildman–Crippen LogP) is 4.86. The van der Waals surface area contributed by atoms with Crippen molar-refractivity contribution < 1.29 is 4.79 Å². The molecule has 0 aliphatic carbocycles. The lowest BCUT2D eigenvalue weighted by Crippen LogP contribution is -2.22. The number of nitrogens with one attached hydrogen (secondary N) is 1. The zero-order valence-corrected chi connectivity index (χ0v) is 19.2. The maximum atomic E-state index is 12.7. The number of nitrogens with zero attached hydrogens (tertiary/aromatic N) is 4. The van der Waals surface area contributed by atoms with Crippen LogP contribution in [-0.2, 0) is 6.54 Å². The van der Waals surface area contributed by atoms with E-state index in [9.17, 15) is 4.79 Å². The molecule has 0 atom stereocenters. The van der Waals surface area contributed by atoms with E-state index in [1.807, 2.05) is 55.8 Å². The van der Waals surface area contributed by atoms with Crippen molar-refractivity contribution in [2.45, 2.75) is 41.2 Å².